The first-order valence-electron chi connectivity index (χ1n) is 10.1. The Kier molecular flexibility index (Phi) is 7.82. The van der Waals surface area contributed by atoms with E-state index in [1.165, 1.54) is 0 Å². The van der Waals surface area contributed by atoms with Crippen LogP contribution in [0.4, 0.5) is 0 Å². The van der Waals surface area contributed by atoms with Crippen LogP contribution in [0.3, 0.4) is 0 Å². The minimum absolute atomic E-state index is 0.0216. The van der Waals surface area contributed by atoms with Crippen LogP contribution in [0.5, 0.6) is 5.75 Å². The highest BCUT2D eigenvalue weighted by molar-refractivity contribution is 6.35. The minimum atomic E-state index is 0.0216. The van der Waals surface area contributed by atoms with Gasteiger partial charge in [0.05, 0.1) is 13.2 Å². The van der Waals surface area contributed by atoms with Gasteiger partial charge in [-0.3, -0.25) is 9.69 Å². The molecule has 0 aliphatic carbocycles. The molecule has 6 heteroatoms. The summed E-state index contributed by atoms with van der Waals surface area (Å²) >= 11 is 12.6. The average molecular weight is 435 g/mol. The van der Waals surface area contributed by atoms with Gasteiger partial charge in [-0.15, -0.1) is 0 Å². The third-order valence-electron chi connectivity index (χ3n) is 5.64. The van der Waals surface area contributed by atoms with Crippen molar-refractivity contribution in [3.8, 4) is 5.75 Å². The molecule has 3 rings (SSSR count). The van der Waals surface area contributed by atoms with Gasteiger partial charge in [-0.2, -0.15) is 0 Å². The second-order valence-corrected chi connectivity index (χ2v) is 8.31. The minimum Gasteiger partial charge on any atom is -0.497 e. The molecule has 1 N–H and O–H groups in total. The maximum absolute atomic E-state index is 12.8. The monoisotopic (exact) mass is 434 g/mol. The zero-order valence-electron chi connectivity index (χ0n) is 17.0. The van der Waals surface area contributed by atoms with Crippen LogP contribution >= 0.6 is 23.2 Å². The van der Waals surface area contributed by atoms with Crippen molar-refractivity contribution >= 4 is 29.1 Å². The summed E-state index contributed by atoms with van der Waals surface area (Å²) in [5.41, 5.74) is 2.07. The predicted octanol–water partition coefficient (Wildman–Crippen LogP) is 5.48. The number of carbonyl (C=O) groups excluding carboxylic acids is 1. The van der Waals surface area contributed by atoms with Crippen LogP contribution in [0.1, 0.15) is 43.4 Å². The molecule has 0 bridgehead atoms. The summed E-state index contributed by atoms with van der Waals surface area (Å²) in [4.78, 5) is 15.2. The van der Waals surface area contributed by atoms with E-state index in [0.29, 0.717) is 10.0 Å². The Morgan fingerprint density at radius 2 is 1.76 bits per heavy atom. The fraction of sp³-hybridized carbons (Fsp3) is 0.435. The number of benzene rings is 2. The van der Waals surface area contributed by atoms with Crippen molar-refractivity contribution < 1.29 is 9.53 Å². The third-order valence-corrected chi connectivity index (χ3v) is 6.35. The van der Waals surface area contributed by atoms with Crippen molar-refractivity contribution in [2.24, 2.45) is 5.92 Å². The molecule has 1 saturated heterocycles. The van der Waals surface area contributed by atoms with Crippen molar-refractivity contribution in [1.82, 2.24) is 10.2 Å². The number of hydrogen-bond donors (Lipinski definition) is 1. The number of halogens is 2. The van der Waals surface area contributed by atoms with E-state index in [9.17, 15) is 4.79 Å². The lowest BCUT2D eigenvalue weighted by atomic mass is 9.94. The van der Waals surface area contributed by atoms with E-state index < -0.39 is 0 Å². The van der Waals surface area contributed by atoms with E-state index in [1.807, 2.05) is 42.5 Å². The highest BCUT2D eigenvalue weighted by Crippen LogP contribution is 2.28. The Labute approximate surface area is 183 Å². The standard InChI is InChI=1S/C23H28Cl2N2O2/c1-3-22(16-7-9-18(29-2)10-8-16)26-23(28)17-11-13-27(14-12-17)15-19-20(24)5-4-6-21(19)25/h4-10,17,22H,3,11-15H2,1-2H3,(H,26,28)/t22-/m0/s1. The molecule has 29 heavy (non-hydrogen) atoms. The van der Waals surface area contributed by atoms with E-state index in [4.69, 9.17) is 27.9 Å². The van der Waals surface area contributed by atoms with Crippen molar-refractivity contribution in [1.29, 1.82) is 0 Å². The van der Waals surface area contributed by atoms with Gasteiger partial charge in [0.25, 0.3) is 0 Å². The largest absolute Gasteiger partial charge is 0.497 e. The molecule has 0 unspecified atom stereocenters. The second-order valence-electron chi connectivity index (χ2n) is 7.49. The lowest BCUT2D eigenvalue weighted by molar-refractivity contribution is -0.127. The van der Waals surface area contributed by atoms with Crippen molar-refractivity contribution in [2.75, 3.05) is 20.2 Å². The van der Waals surface area contributed by atoms with Crippen LogP contribution in [0.25, 0.3) is 0 Å². The third kappa shape index (κ3) is 5.65. The van der Waals surface area contributed by atoms with Crippen molar-refractivity contribution in [3.05, 3.63) is 63.6 Å². The highest BCUT2D eigenvalue weighted by Gasteiger charge is 2.27. The summed E-state index contributed by atoms with van der Waals surface area (Å²) in [5, 5.41) is 4.63. The molecule has 1 aliphatic heterocycles. The Hall–Kier alpha value is -1.75. The molecule has 1 amide bonds. The highest BCUT2D eigenvalue weighted by atomic mass is 35.5. The molecule has 0 spiro atoms. The number of nitrogens with one attached hydrogen (secondary N) is 1. The molecule has 1 aliphatic rings. The molecule has 2 aromatic carbocycles. The van der Waals surface area contributed by atoms with Gasteiger partial charge < -0.3 is 10.1 Å². The molecule has 1 heterocycles. The van der Waals surface area contributed by atoms with Gasteiger partial charge in [-0.05, 0) is 62.2 Å². The summed E-state index contributed by atoms with van der Waals surface area (Å²) < 4.78 is 5.22. The smallest absolute Gasteiger partial charge is 0.223 e. The molecular formula is C23H28Cl2N2O2. The average Bonchev–Trinajstić information content (AvgIpc) is 2.75. The van der Waals surface area contributed by atoms with E-state index in [2.05, 4.69) is 17.1 Å². The molecule has 2 aromatic rings. The summed E-state index contributed by atoms with van der Waals surface area (Å²) in [6, 6.07) is 13.5. The zero-order valence-corrected chi connectivity index (χ0v) is 18.5. The number of ether oxygens (including phenoxy) is 1. The molecule has 1 fully saturated rings. The van der Waals surface area contributed by atoms with Crippen LogP contribution in [0.2, 0.25) is 10.0 Å². The van der Waals surface area contributed by atoms with Gasteiger partial charge in [0.15, 0.2) is 0 Å². The van der Waals surface area contributed by atoms with Crippen LogP contribution in [0.15, 0.2) is 42.5 Å². The number of amides is 1. The molecule has 0 radical (unpaired) electrons. The quantitative estimate of drug-likeness (QED) is 0.626. The summed E-state index contributed by atoms with van der Waals surface area (Å²) in [6.45, 7) is 4.53. The predicted molar refractivity (Wildman–Crippen MR) is 119 cm³/mol. The van der Waals surface area contributed by atoms with Gasteiger partial charge >= 0.3 is 0 Å². The SMILES string of the molecule is CC[C@H](NC(=O)C1CCN(Cc2c(Cl)cccc2Cl)CC1)c1ccc(OC)cc1. The fourth-order valence-corrected chi connectivity index (χ4v) is 4.32. The second kappa shape index (κ2) is 10.3. The van der Waals surface area contributed by atoms with Crippen LogP contribution < -0.4 is 10.1 Å². The summed E-state index contributed by atoms with van der Waals surface area (Å²) in [6.07, 6.45) is 2.53. The zero-order chi connectivity index (χ0) is 20.8. The Morgan fingerprint density at radius 1 is 1.14 bits per heavy atom. The Balaban J connectivity index is 1.53. The first-order chi connectivity index (χ1) is 14.0. The molecule has 156 valence electrons. The summed E-state index contributed by atoms with van der Waals surface area (Å²) in [7, 11) is 1.65. The van der Waals surface area contributed by atoms with Gasteiger partial charge in [0, 0.05) is 28.1 Å². The van der Waals surface area contributed by atoms with Gasteiger partial charge in [0.1, 0.15) is 5.75 Å². The summed E-state index contributed by atoms with van der Waals surface area (Å²) in [5.74, 6) is 1.00. The van der Waals surface area contributed by atoms with E-state index in [-0.39, 0.29) is 17.9 Å². The Morgan fingerprint density at radius 3 is 2.31 bits per heavy atom. The normalized spacial score (nSPS) is 16.4. The molecule has 1 atom stereocenters. The lowest BCUT2D eigenvalue weighted by Gasteiger charge is -2.32. The maximum atomic E-state index is 12.8. The van der Waals surface area contributed by atoms with E-state index in [0.717, 1.165) is 55.8 Å². The van der Waals surface area contributed by atoms with Crippen LogP contribution in [-0.4, -0.2) is 31.0 Å². The maximum Gasteiger partial charge on any atom is 0.223 e. The number of carbonyl (C=O) groups is 1. The van der Waals surface area contributed by atoms with E-state index >= 15 is 0 Å². The van der Waals surface area contributed by atoms with Crippen molar-refractivity contribution in [3.63, 3.8) is 0 Å². The number of hydrogen-bond acceptors (Lipinski definition) is 3. The van der Waals surface area contributed by atoms with Gasteiger partial charge in [-0.1, -0.05) is 48.3 Å². The molecule has 0 saturated carbocycles. The molecular weight excluding hydrogens is 407 g/mol. The van der Waals surface area contributed by atoms with Crippen LogP contribution in [0, 0.1) is 5.92 Å². The van der Waals surface area contributed by atoms with E-state index in [1.54, 1.807) is 7.11 Å². The number of piperidine rings is 1. The number of likely N-dealkylation sites (tertiary alicyclic amines) is 1. The number of rotatable bonds is 7. The lowest BCUT2D eigenvalue weighted by Crippen LogP contribution is -2.41. The molecule has 0 aromatic heterocycles. The van der Waals surface area contributed by atoms with Gasteiger partial charge in [-0.25, -0.2) is 0 Å². The number of nitrogens with zero attached hydrogens (tertiary/aromatic N) is 1. The number of methoxy groups -OCH3 is 1. The van der Waals surface area contributed by atoms with Crippen LogP contribution in [-0.2, 0) is 11.3 Å². The first kappa shape index (κ1) is 21.9. The fourth-order valence-electron chi connectivity index (χ4n) is 3.81. The van der Waals surface area contributed by atoms with Crippen molar-refractivity contribution in [2.45, 2.75) is 38.8 Å². The first-order valence-corrected chi connectivity index (χ1v) is 10.9. The Bertz CT molecular complexity index is 798. The molecule has 4 nitrogen and oxygen atoms in total. The topological polar surface area (TPSA) is 41.6 Å². The van der Waals surface area contributed by atoms with Gasteiger partial charge in [0.2, 0.25) is 5.91 Å².